The third kappa shape index (κ3) is 3.87. The Morgan fingerprint density at radius 3 is 2.70 bits per heavy atom. The van der Waals surface area contributed by atoms with Gasteiger partial charge in [-0.25, -0.2) is 9.78 Å². The molecule has 0 fully saturated rings. The zero-order chi connectivity index (χ0) is 22.9. The third-order valence-corrected chi connectivity index (χ3v) is 5.37. The van der Waals surface area contributed by atoms with Crippen molar-refractivity contribution in [3.05, 3.63) is 72.2 Å². The number of pyridine rings is 2. The highest BCUT2D eigenvalue weighted by atomic mass is 16.5. The van der Waals surface area contributed by atoms with Crippen molar-refractivity contribution in [3.63, 3.8) is 0 Å². The molecule has 0 aliphatic rings. The van der Waals surface area contributed by atoms with E-state index < -0.39 is 5.97 Å². The Hall–Kier alpha value is -3.97. The largest absolute Gasteiger partial charge is 0.458 e. The molecule has 1 N–H and O–H groups in total. The van der Waals surface area contributed by atoms with Crippen LogP contribution in [0.2, 0.25) is 0 Å². The number of benzene rings is 2. The molecule has 7 heteroatoms. The van der Waals surface area contributed by atoms with E-state index in [1.807, 2.05) is 62.4 Å². The molecule has 0 atom stereocenters. The standard InChI is InChI=1S/C26H23N3O4/c1-15(2)32-26(30)25-19(14-31-3)24-18-12-16(8-9-21(18)29-22(24)13-28-25)33-23-10-11-27-20-7-5-4-6-17(20)23/h4-13,15,29H,14H2,1-3H3. The minimum absolute atomic E-state index is 0.222. The van der Waals surface area contributed by atoms with Gasteiger partial charge in [0.05, 0.1) is 29.9 Å². The van der Waals surface area contributed by atoms with Gasteiger partial charge < -0.3 is 19.2 Å². The Morgan fingerprint density at radius 1 is 1.03 bits per heavy atom. The van der Waals surface area contributed by atoms with Crippen LogP contribution in [0.5, 0.6) is 11.5 Å². The number of ether oxygens (including phenoxy) is 3. The quantitative estimate of drug-likeness (QED) is 0.337. The average Bonchev–Trinajstić information content (AvgIpc) is 3.17. The lowest BCUT2D eigenvalue weighted by Gasteiger charge is -2.12. The van der Waals surface area contributed by atoms with Gasteiger partial charge in [-0.05, 0) is 50.2 Å². The summed E-state index contributed by atoms with van der Waals surface area (Å²) in [6.07, 6.45) is 3.14. The molecule has 0 bridgehead atoms. The second-order valence-corrected chi connectivity index (χ2v) is 8.02. The van der Waals surface area contributed by atoms with Crippen LogP contribution in [0.25, 0.3) is 32.7 Å². The average molecular weight is 441 g/mol. The summed E-state index contributed by atoms with van der Waals surface area (Å²) in [4.78, 5) is 24.8. The number of aromatic nitrogens is 3. The molecule has 0 radical (unpaired) electrons. The van der Waals surface area contributed by atoms with Crippen molar-refractivity contribution in [1.29, 1.82) is 0 Å². The summed E-state index contributed by atoms with van der Waals surface area (Å²) in [6.45, 7) is 3.84. The van der Waals surface area contributed by atoms with Crippen LogP contribution in [0.4, 0.5) is 0 Å². The fourth-order valence-electron chi connectivity index (χ4n) is 4.02. The van der Waals surface area contributed by atoms with Crippen molar-refractivity contribution < 1.29 is 19.0 Å². The molecule has 3 heterocycles. The molecule has 2 aromatic carbocycles. The molecular weight excluding hydrogens is 418 g/mol. The predicted molar refractivity (Wildman–Crippen MR) is 127 cm³/mol. The number of esters is 1. The first-order valence-electron chi connectivity index (χ1n) is 10.7. The fourth-order valence-corrected chi connectivity index (χ4v) is 4.02. The highest BCUT2D eigenvalue weighted by Crippen LogP contribution is 2.35. The van der Waals surface area contributed by atoms with Gasteiger partial charge in [-0.1, -0.05) is 12.1 Å². The highest BCUT2D eigenvalue weighted by Gasteiger charge is 2.21. The molecule has 7 nitrogen and oxygen atoms in total. The van der Waals surface area contributed by atoms with Gasteiger partial charge in [-0.2, -0.15) is 0 Å². The number of para-hydroxylation sites is 1. The van der Waals surface area contributed by atoms with Gasteiger partial charge in [0.1, 0.15) is 11.5 Å². The van der Waals surface area contributed by atoms with Crippen molar-refractivity contribution in [3.8, 4) is 11.5 Å². The smallest absolute Gasteiger partial charge is 0.357 e. The van der Waals surface area contributed by atoms with E-state index in [2.05, 4.69) is 15.0 Å². The zero-order valence-electron chi connectivity index (χ0n) is 18.6. The van der Waals surface area contributed by atoms with Gasteiger partial charge in [-0.15, -0.1) is 0 Å². The number of fused-ring (bicyclic) bond motifs is 4. The van der Waals surface area contributed by atoms with Gasteiger partial charge >= 0.3 is 5.97 Å². The lowest BCUT2D eigenvalue weighted by molar-refractivity contribution is 0.0366. The van der Waals surface area contributed by atoms with Crippen molar-refractivity contribution >= 4 is 38.7 Å². The normalized spacial score (nSPS) is 11.5. The van der Waals surface area contributed by atoms with Crippen LogP contribution in [0, 0.1) is 0 Å². The van der Waals surface area contributed by atoms with Gasteiger partial charge in [0.25, 0.3) is 0 Å². The van der Waals surface area contributed by atoms with Crippen molar-refractivity contribution in [2.45, 2.75) is 26.6 Å². The second kappa shape index (κ2) is 8.52. The highest BCUT2D eigenvalue weighted by molar-refractivity contribution is 6.11. The maximum Gasteiger partial charge on any atom is 0.357 e. The van der Waals surface area contributed by atoms with E-state index in [1.54, 1.807) is 19.5 Å². The Morgan fingerprint density at radius 2 is 1.88 bits per heavy atom. The van der Waals surface area contributed by atoms with Crippen LogP contribution in [-0.4, -0.2) is 34.1 Å². The molecule has 0 saturated carbocycles. The zero-order valence-corrected chi connectivity index (χ0v) is 18.6. The summed E-state index contributed by atoms with van der Waals surface area (Å²) in [5, 5.41) is 2.71. The van der Waals surface area contributed by atoms with Crippen molar-refractivity contribution in [2.24, 2.45) is 0 Å². The number of nitrogens with zero attached hydrogens (tertiary/aromatic N) is 2. The number of carbonyl (C=O) groups excluding carboxylic acids is 1. The van der Waals surface area contributed by atoms with E-state index in [0.717, 1.165) is 38.5 Å². The Kier molecular flexibility index (Phi) is 5.40. The molecule has 0 aliphatic carbocycles. The lowest BCUT2D eigenvalue weighted by atomic mass is 10.1. The van der Waals surface area contributed by atoms with Crippen LogP contribution in [0.15, 0.2) is 60.9 Å². The molecule has 0 spiro atoms. The Bertz CT molecular complexity index is 1480. The van der Waals surface area contributed by atoms with Crippen molar-refractivity contribution in [2.75, 3.05) is 7.11 Å². The molecule has 33 heavy (non-hydrogen) atoms. The van der Waals surface area contributed by atoms with Gasteiger partial charge in [0.2, 0.25) is 0 Å². The first-order chi connectivity index (χ1) is 16.0. The molecule has 0 amide bonds. The second-order valence-electron chi connectivity index (χ2n) is 8.02. The summed E-state index contributed by atoms with van der Waals surface area (Å²) < 4.78 is 17.1. The number of hydrogen-bond acceptors (Lipinski definition) is 6. The Balaban J connectivity index is 1.64. The van der Waals surface area contributed by atoms with E-state index in [-0.39, 0.29) is 18.4 Å². The summed E-state index contributed by atoms with van der Waals surface area (Å²) >= 11 is 0. The Labute approximate surface area is 190 Å². The summed E-state index contributed by atoms with van der Waals surface area (Å²) in [5.41, 5.74) is 3.52. The van der Waals surface area contributed by atoms with E-state index in [4.69, 9.17) is 14.2 Å². The monoisotopic (exact) mass is 441 g/mol. The summed E-state index contributed by atoms with van der Waals surface area (Å²) in [7, 11) is 1.59. The lowest BCUT2D eigenvalue weighted by Crippen LogP contribution is -2.15. The van der Waals surface area contributed by atoms with Crippen molar-refractivity contribution in [1.82, 2.24) is 15.0 Å². The van der Waals surface area contributed by atoms with E-state index in [1.165, 1.54) is 0 Å². The van der Waals surface area contributed by atoms with E-state index >= 15 is 0 Å². The summed E-state index contributed by atoms with van der Waals surface area (Å²) in [6, 6.07) is 15.5. The number of nitrogens with one attached hydrogen (secondary N) is 1. The van der Waals surface area contributed by atoms with E-state index in [9.17, 15) is 4.79 Å². The number of rotatable bonds is 6. The number of carbonyl (C=O) groups is 1. The topological polar surface area (TPSA) is 86.3 Å². The molecule has 0 unspecified atom stereocenters. The maximum absolute atomic E-state index is 12.7. The van der Waals surface area contributed by atoms with Crippen LogP contribution in [0.3, 0.4) is 0 Å². The van der Waals surface area contributed by atoms with Crippen LogP contribution in [-0.2, 0) is 16.1 Å². The first kappa shape index (κ1) is 20.9. The minimum atomic E-state index is -0.469. The number of H-pyrrole nitrogens is 1. The van der Waals surface area contributed by atoms with Gasteiger partial charge in [0, 0.05) is 40.5 Å². The fraction of sp³-hybridized carbons (Fsp3) is 0.192. The van der Waals surface area contributed by atoms with Crippen LogP contribution < -0.4 is 4.74 Å². The number of methoxy groups -OCH3 is 1. The molecule has 5 rings (SSSR count). The summed E-state index contributed by atoms with van der Waals surface area (Å²) in [5.74, 6) is 0.926. The van der Waals surface area contributed by atoms with Crippen LogP contribution >= 0.6 is 0 Å². The molecule has 166 valence electrons. The third-order valence-electron chi connectivity index (χ3n) is 5.37. The molecular formula is C26H23N3O4. The minimum Gasteiger partial charge on any atom is -0.458 e. The predicted octanol–water partition coefficient (Wildman–Crippen LogP) is 5.77. The molecule has 0 saturated heterocycles. The maximum atomic E-state index is 12.7. The number of hydrogen-bond donors (Lipinski definition) is 1. The SMILES string of the molecule is COCc1c(C(=O)OC(C)C)ncc2[nH]c3ccc(Oc4ccnc5ccccc45)cc3c12. The van der Waals surface area contributed by atoms with Gasteiger partial charge in [0.15, 0.2) is 5.69 Å². The van der Waals surface area contributed by atoms with Gasteiger partial charge in [-0.3, -0.25) is 4.98 Å². The first-order valence-corrected chi connectivity index (χ1v) is 10.7. The van der Waals surface area contributed by atoms with E-state index in [0.29, 0.717) is 11.3 Å². The number of aromatic amines is 1. The molecule has 3 aromatic heterocycles. The molecule has 5 aromatic rings. The molecule has 0 aliphatic heterocycles. The van der Waals surface area contributed by atoms with Crippen LogP contribution in [0.1, 0.15) is 29.9 Å².